The predicted molar refractivity (Wildman–Crippen MR) is 95.9 cm³/mol. The van der Waals surface area contributed by atoms with Crippen molar-refractivity contribution in [1.82, 2.24) is 9.97 Å². The Morgan fingerprint density at radius 1 is 1.15 bits per heavy atom. The van der Waals surface area contributed by atoms with Gasteiger partial charge in [-0.25, -0.2) is 9.78 Å². The van der Waals surface area contributed by atoms with Crippen molar-refractivity contribution in [2.45, 2.75) is 0 Å². The van der Waals surface area contributed by atoms with E-state index in [4.69, 9.17) is 9.47 Å². The highest BCUT2D eigenvalue weighted by Gasteiger charge is 2.11. The number of carbonyl (C=O) groups excluding carboxylic acids is 2. The quantitative estimate of drug-likeness (QED) is 0.666. The van der Waals surface area contributed by atoms with Crippen molar-refractivity contribution in [3.8, 4) is 17.1 Å². The summed E-state index contributed by atoms with van der Waals surface area (Å²) in [5.41, 5.74) is 1.77. The molecule has 0 saturated carbocycles. The third kappa shape index (κ3) is 4.27. The molecule has 0 atom stereocenters. The number of nitrogens with one attached hydrogen (secondary N) is 2. The smallest absolute Gasteiger partial charge is 0.338 e. The highest BCUT2D eigenvalue weighted by molar-refractivity contribution is 5.95. The van der Waals surface area contributed by atoms with Crippen LogP contribution in [-0.4, -0.2) is 35.6 Å². The van der Waals surface area contributed by atoms with Crippen LogP contribution in [0.5, 0.6) is 5.75 Å². The van der Waals surface area contributed by atoms with Crippen molar-refractivity contribution in [2.75, 3.05) is 19.0 Å². The number of nitrogens with zero attached hydrogens (tertiary/aromatic N) is 1. The third-order valence-electron chi connectivity index (χ3n) is 3.58. The van der Waals surface area contributed by atoms with Gasteiger partial charge in [-0.15, -0.1) is 0 Å². The summed E-state index contributed by atoms with van der Waals surface area (Å²) < 4.78 is 10.1. The Balaban J connectivity index is 1.53. The third-order valence-corrected chi connectivity index (χ3v) is 3.58. The summed E-state index contributed by atoms with van der Waals surface area (Å²) in [6, 6.07) is 13.7. The Labute approximate surface area is 150 Å². The number of H-pyrrole nitrogens is 1. The molecule has 26 heavy (non-hydrogen) atoms. The number of ether oxygens (including phenoxy) is 2. The summed E-state index contributed by atoms with van der Waals surface area (Å²) in [6.45, 7) is -0.379. The first-order chi connectivity index (χ1) is 12.7. The van der Waals surface area contributed by atoms with Crippen LogP contribution < -0.4 is 10.1 Å². The molecule has 0 radical (unpaired) electrons. The second-order valence-electron chi connectivity index (χ2n) is 5.37. The van der Waals surface area contributed by atoms with Gasteiger partial charge in [-0.05, 0) is 24.3 Å². The maximum absolute atomic E-state index is 12.1. The average Bonchev–Trinajstić information content (AvgIpc) is 3.21. The Bertz CT molecular complexity index is 889. The van der Waals surface area contributed by atoms with Crippen molar-refractivity contribution in [3.05, 3.63) is 66.5 Å². The first kappa shape index (κ1) is 17.2. The van der Waals surface area contributed by atoms with E-state index < -0.39 is 11.9 Å². The Morgan fingerprint density at radius 2 is 1.96 bits per heavy atom. The van der Waals surface area contributed by atoms with Crippen LogP contribution in [0.1, 0.15) is 10.4 Å². The lowest BCUT2D eigenvalue weighted by molar-refractivity contribution is -0.119. The second kappa shape index (κ2) is 7.98. The fourth-order valence-electron chi connectivity index (χ4n) is 2.30. The number of carbonyl (C=O) groups is 2. The van der Waals surface area contributed by atoms with Gasteiger partial charge in [-0.1, -0.05) is 18.2 Å². The maximum atomic E-state index is 12.1. The Kier molecular flexibility index (Phi) is 5.28. The molecule has 2 aromatic carbocycles. The Hall–Kier alpha value is -3.61. The second-order valence-corrected chi connectivity index (χ2v) is 5.37. The molecule has 7 nitrogen and oxygen atoms in total. The molecule has 3 aromatic rings. The number of benzene rings is 2. The lowest BCUT2D eigenvalue weighted by atomic mass is 10.1. The van der Waals surface area contributed by atoms with Crippen LogP contribution in [0.4, 0.5) is 5.69 Å². The number of aromatic amines is 1. The number of imidazole rings is 1. The molecule has 0 bridgehead atoms. The molecule has 1 amide bonds. The van der Waals surface area contributed by atoms with E-state index in [-0.39, 0.29) is 6.61 Å². The summed E-state index contributed by atoms with van der Waals surface area (Å²) in [6.07, 6.45) is 3.37. The highest BCUT2D eigenvalue weighted by atomic mass is 16.5. The van der Waals surface area contributed by atoms with E-state index in [0.29, 0.717) is 22.8 Å². The number of anilines is 1. The van der Waals surface area contributed by atoms with E-state index in [2.05, 4.69) is 15.3 Å². The number of amides is 1. The van der Waals surface area contributed by atoms with Crippen LogP contribution >= 0.6 is 0 Å². The zero-order chi connectivity index (χ0) is 18.4. The fourth-order valence-corrected chi connectivity index (χ4v) is 2.30. The van der Waals surface area contributed by atoms with Crippen LogP contribution in [0.2, 0.25) is 0 Å². The molecule has 7 heteroatoms. The van der Waals surface area contributed by atoms with Crippen molar-refractivity contribution < 1.29 is 19.1 Å². The van der Waals surface area contributed by atoms with Crippen molar-refractivity contribution in [1.29, 1.82) is 0 Å². The summed E-state index contributed by atoms with van der Waals surface area (Å²) in [7, 11) is 1.54. The van der Waals surface area contributed by atoms with Gasteiger partial charge in [0.1, 0.15) is 11.6 Å². The molecule has 0 aliphatic rings. The minimum Gasteiger partial charge on any atom is -0.497 e. The molecular weight excluding hydrogens is 334 g/mol. The van der Waals surface area contributed by atoms with Crippen LogP contribution in [0.25, 0.3) is 11.4 Å². The molecule has 0 aliphatic heterocycles. The number of aromatic nitrogens is 2. The van der Waals surface area contributed by atoms with Gasteiger partial charge < -0.3 is 19.8 Å². The van der Waals surface area contributed by atoms with Gasteiger partial charge in [0.25, 0.3) is 5.91 Å². The normalized spacial score (nSPS) is 10.2. The predicted octanol–water partition coefficient (Wildman–Crippen LogP) is 2.88. The Morgan fingerprint density at radius 3 is 2.65 bits per heavy atom. The van der Waals surface area contributed by atoms with E-state index in [9.17, 15) is 9.59 Å². The van der Waals surface area contributed by atoms with E-state index in [0.717, 1.165) is 5.56 Å². The van der Waals surface area contributed by atoms with Crippen molar-refractivity contribution in [3.63, 3.8) is 0 Å². The summed E-state index contributed by atoms with van der Waals surface area (Å²) >= 11 is 0. The number of hydrogen-bond acceptors (Lipinski definition) is 5. The molecule has 0 fully saturated rings. The number of methoxy groups -OCH3 is 1. The minimum absolute atomic E-state index is 0.356. The maximum Gasteiger partial charge on any atom is 0.338 e. The molecule has 0 unspecified atom stereocenters. The number of rotatable bonds is 6. The summed E-state index contributed by atoms with van der Waals surface area (Å²) in [5.74, 6) is 0.328. The van der Waals surface area contributed by atoms with Crippen molar-refractivity contribution in [2.24, 2.45) is 0 Å². The van der Waals surface area contributed by atoms with E-state index >= 15 is 0 Å². The lowest BCUT2D eigenvalue weighted by Crippen LogP contribution is -2.20. The molecule has 1 aromatic heterocycles. The molecule has 3 rings (SSSR count). The molecule has 0 aliphatic carbocycles. The van der Waals surface area contributed by atoms with Crippen molar-refractivity contribution >= 4 is 17.6 Å². The average molecular weight is 351 g/mol. The number of hydrogen-bond donors (Lipinski definition) is 2. The first-order valence-electron chi connectivity index (χ1n) is 7.86. The van der Waals surface area contributed by atoms with Gasteiger partial charge in [-0.3, -0.25) is 4.79 Å². The molecule has 0 saturated heterocycles. The highest BCUT2D eigenvalue weighted by Crippen LogP contribution is 2.17. The van der Waals surface area contributed by atoms with Crippen LogP contribution in [0.3, 0.4) is 0 Å². The van der Waals surface area contributed by atoms with Gasteiger partial charge in [0.2, 0.25) is 0 Å². The largest absolute Gasteiger partial charge is 0.497 e. The van der Waals surface area contributed by atoms with Crippen LogP contribution in [0.15, 0.2) is 60.9 Å². The van der Waals surface area contributed by atoms with Crippen LogP contribution in [0, 0.1) is 0 Å². The summed E-state index contributed by atoms with van der Waals surface area (Å²) in [4.78, 5) is 31.1. The topological polar surface area (TPSA) is 93.3 Å². The van der Waals surface area contributed by atoms with E-state index in [1.165, 1.54) is 0 Å². The molecular formula is C19H17N3O4. The monoisotopic (exact) mass is 351 g/mol. The number of esters is 1. The van der Waals surface area contributed by atoms with E-state index in [1.54, 1.807) is 68.0 Å². The molecule has 2 N–H and O–H groups in total. The zero-order valence-corrected chi connectivity index (χ0v) is 14.1. The van der Waals surface area contributed by atoms with Gasteiger partial charge in [0.05, 0.1) is 12.7 Å². The van der Waals surface area contributed by atoms with E-state index in [1.807, 2.05) is 0 Å². The molecule has 1 heterocycles. The SMILES string of the molecule is COc1cccc(NC(=O)COC(=O)c2ccc(-c3ncc[nH]3)cc2)c1. The van der Waals surface area contributed by atoms with Gasteiger partial charge in [-0.2, -0.15) is 0 Å². The molecule has 0 spiro atoms. The van der Waals surface area contributed by atoms with Crippen LogP contribution in [-0.2, 0) is 9.53 Å². The van der Waals surface area contributed by atoms with Gasteiger partial charge >= 0.3 is 5.97 Å². The fraction of sp³-hybridized carbons (Fsp3) is 0.105. The molecule has 132 valence electrons. The van der Waals surface area contributed by atoms with Gasteiger partial charge in [0.15, 0.2) is 6.61 Å². The summed E-state index contributed by atoms with van der Waals surface area (Å²) in [5, 5.41) is 2.64. The first-order valence-corrected chi connectivity index (χ1v) is 7.86. The minimum atomic E-state index is -0.572. The zero-order valence-electron chi connectivity index (χ0n) is 14.1. The standard InChI is InChI=1S/C19H17N3O4/c1-25-16-4-2-3-15(11-16)22-17(23)12-26-19(24)14-7-5-13(6-8-14)18-20-9-10-21-18/h2-11H,12H2,1H3,(H,20,21)(H,22,23). The van der Waals surface area contributed by atoms with Gasteiger partial charge in [0, 0.05) is 29.7 Å². The lowest BCUT2D eigenvalue weighted by Gasteiger charge is -2.08.